The van der Waals surface area contributed by atoms with Gasteiger partial charge in [-0.1, -0.05) is 5.92 Å². The molecule has 0 bridgehead atoms. The Morgan fingerprint density at radius 1 is 1.82 bits per heavy atom. The van der Waals surface area contributed by atoms with Gasteiger partial charge in [0.15, 0.2) is 0 Å². The fourth-order valence-corrected chi connectivity index (χ4v) is 0.862. The van der Waals surface area contributed by atoms with Crippen molar-refractivity contribution in [2.24, 2.45) is 0 Å². The highest BCUT2D eigenvalue weighted by molar-refractivity contribution is 5.27. The Labute approximate surface area is 66.4 Å². The van der Waals surface area contributed by atoms with E-state index in [1.807, 2.05) is 10.8 Å². The average Bonchev–Trinajstić information content (AvgIpc) is 2.47. The molecule has 1 aromatic heterocycles. The Morgan fingerprint density at radius 2 is 2.64 bits per heavy atom. The smallest absolute Gasteiger partial charge is 0.203 e. The fourth-order valence-electron chi connectivity index (χ4n) is 0.862. The molecule has 1 N–H and O–H groups in total. The SMILES string of the molecule is C#CCNc1nccn1CC. The van der Waals surface area contributed by atoms with Gasteiger partial charge >= 0.3 is 0 Å². The summed E-state index contributed by atoms with van der Waals surface area (Å²) in [5, 5.41) is 3.01. The molecule has 0 aliphatic rings. The molecule has 0 aromatic carbocycles. The molecule has 0 fully saturated rings. The van der Waals surface area contributed by atoms with Crippen LogP contribution in [0.2, 0.25) is 0 Å². The summed E-state index contributed by atoms with van der Waals surface area (Å²) in [6, 6.07) is 0. The molecule has 0 aliphatic heterocycles. The third-order valence-electron chi connectivity index (χ3n) is 1.40. The van der Waals surface area contributed by atoms with E-state index in [1.54, 1.807) is 6.20 Å². The molecule has 3 heteroatoms. The molecule has 0 saturated carbocycles. The maximum Gasteiger partial charge on any atom is 0.203 e. The quantitative estimate of drug-likeness (QED) is 0.648. The van der Waals surface area contributed by atoms with E-state index in [4.69, 9.17) is 6.42 Å². The lowest BCUT2D eigenvalue weighted by molar-refractivity contribution is 0.767. The van der Waals surface area contributed by atoms with E-state index in [9.17, 15) is 0 Å². The standard InChI is InChI=1S/C8H11N3/c1-3-5-9-8-10-6-7-11(8)4-2/h1,6-7H,4-5H2,2H3,(H,9,10). The zero-order valence-corrected chi connectivity index (χ0v) is 6.54. The van der Waals surface area contributed by atoms with E-state index in [-0.39, 0.29) is 0 Å². The van der Waals surface area contributed by atoms with Crippen LogP contribution in [0.3, 0.4) is 0 Å². The van der Waals surface area contributed by atoms with Gasteiger partial charge in [-0.05, 0) is 6.92 Å². The Kier molecular flexibility index (Phi) is 2.56. The van der Waals surface area contributed by atoms with Gasteiger partial charge in [0.25, 0.3) is 0 Å². The monoisotopic (exact) mass is 149 g/mol. The van der Waals surface area contributed by atoms with E-state index >= 15 is 0 Å². The third kappa shape index (κ3) is 1.74. The predicted octanol–water partition coefficient (Wildman–Crippen LogP) is 0.948. The minimum Gasteiger partial charge on any atom is -0.345 e. The predicted molar refractivity (Wildman–Crippen MR) is 45.2 cm³/mol. The van der Waals surface area contributed by atoms with Crippen molar-refractivity contribution in [1.82, 2.24) is 9.55 Å². The molecule has 0 radical (unpaired) electrons. The second kappa shape index (κ2) is 3.67. The van der Waals surface area contributed by atoms with Crippen molar-refractivity contribution >= 4 is 5.95 Å². The number of imidazole rings is 1. The first-order chi connectivity index (χ1) is 5.38. The van der Waals surface area contributed by atoms with Crippen LogP contribution in [0.15, 0.2) is 12.4 Å². The highest BCUT2D eigenvalue weighted by Gasteiger charge is 1.96. The maximum absolute atomic E-state index is 5.09. The van der Waals surface area contributed by atoms with E-state index in [2.05, 4.69) is 23.1 Å². The Hall–Kier alpha value is -1.43. The normalized spacial score (nSPS) is 9.09. The van der Waals surface area contributed by atoms with E-state index in [0.717, 1.165) is 12.5 Å². The molecule has 1 heterocycles. The molecule has 11 heavy (non-hydrogen) atoms. The van der Waals surface area contributed by atoms with Crippen LogP contribution in [-0.2, 0) is 6.54 Å². The van der Waals surface area contributed by atoms with Crippen molar-refractivity contribution in [3.8, 4) is 12.3 Å². The number of terminal acetylenes is 1. The number of aryl methyl sites for hydroxylation is 1. The summed E-state index contributed by atoms with van der Waals surface area (Å²) in [5.74, 6) is 3.33. The largest absolute Gasteiger partial charge is 0.345 e. The van der Waals surface area contributed by atoms with Crippen molar-refractivity contribution < 1.29 is 0 Å². The summed E-state index contributed by atoms with van der Waals surface area (Å²) in [5.41, 5.74) is 0. The summed E-state index contributed by atoms with van der Waals surface area (Å²) in [4.78, 5) is 4.08. The highest BCUT2D eigenvalue weighted by Crippen LogP contribution is 2.01. The van der Waals surface area contributed by atoms with Crippen LogP contribution in [0.1, 0.15) is 6.92 Å². The van der Waals surface area contributed by atoms with Gasteiger partial charge in [-0.3, -0.25) is 0 Å². The van der Waals surface area contributed by atoms with Crippen LogP contribution in [0.4, 0.5) is 5.95 Å². The van der Waals surface area contributed by atoms with Crippen LogP contribution in [0.25, 0.3) is 0 Å². The Bertz CT molecular complexity index is 257. The van der Waals surface area contributed by atoms with Gasteiger partial charge in [0.2, 0.25) is 5.95 Å². The first-order valence-corrected chi connectivity index (χ1v) is 3.57. The van der Waals surface area contributed by atoms with Gasteiger partial charge in [0.1, 0.15) is 0 Å². The number of nitrogens with zero attached hydrogens (tertiary/aromatic N) is 2. The van der Waals surface area contributed by atoms with Crippen molar-refractivity contribution in [2.45, 2.75) is 13.5 Å². The van der Waals surface area contributed by atoms with E-state index in [0.29, 0.717) is 6.54 Å². The number of hydrogen-bond donors (Lipinski definition) is 1. The molecule has 3 nitrogen and oxygen atoms in total. The van der Waals surface area contributed by atoms with E-state index in [1.165, 1.54) is 0 Å². The number of nitrogens with one attached hydrogen (secondary N) is 1. The molecule has 58 valence electrons. The van der Waals surface area contributed by atoms with Gasteiger partial charge in [-0.25, -0.2) is 4.98 Å². The molecule has 0 aliphatic carbocycles. The van der Waals surface area contributed by atoms with Gasteiger partial charge in [-0.15, -0.1) is 6.42 Å². The first-order valence-electron chi connectivity index (χ1n) is 3.57. The van der Waals surface area contributed by atoms with Crippen LogP contribution in [0.5, 0.6) is 0 Å². The van der Waals surface area contributed by atoms with Crippen molar-refractivity contribution in [3.05, 3.63) is 12.4 Å². The average molecular weight is 149 g/mol. The second-order valence-electron chi connectivity index (χ2n) is 2.09. The number of hydrogen-bond acceptors (Lipinski definition) is 2. The summed E-state index contributed by atoms with van der Waals surface area (Å²) in [6.07, 6.45) is 8.75. The van der Waals surface area contributed by atoms with Crippen LogP contribution in [-0.4, -0.2) is 16.1 Å². The lowest BCUT2D eigenvalue weighted by Gasteiger charge is -2.03. The van der Waals surface area contributed by atoms with Crippen LogP contribution in [0, 0.1) is 12.3 Å². The first kappa shape index (κ1) is 7.67. The maximum atomic E-state index is 5.09. The topological polar surface area (TPSA) is 29.9 Å². The lowest BCUT2D eigenvalue weighted by atomic mass is 10.6. The zero-order chi connectivity index (χ0) is 8.10. The van der Waals surface area contributed by atoms with Crippen molar-refractivity contribution in [1.29, 1.82) is 0 Å². The van der Waals surface area contributed by atoms with Gasteiger partial charge < -0.3 is 9.88 Å². The van der Waals surface area contributed by atoms with Crippen LogP contribution >= 0.6 is 0 Å². The van der Waals surface area contributed by atoms with E-state index < -0.39 is 0 Å². The van der Waals surface area contributed by atoms with Gasteiger partial charge in [0.05, 0.1) is 6.54 Å². The molecule has 0 atom stereocenters. The Balaban J connectivity index is 2.62. The lowest BCUT2D eigenvalue weighted by Crippen LogP contribution is -2.05. The molecular formula is C8H11N3. The van der Waals surface area contributed by atoms with Crippen LogP contribution < -0.4 is 5.32 Å². The van der Waals surface area contributed by atoms with Gasteiger partial charge in [-0.2, -0.15) is 0 Å². The molecule has 0 spiro atoms. The summed E-state index contributed by atoms with van der Waals surface area (Å²) in [6.45, 7) is 3.49. The summed E-state index contributed by atoms with van der Waals surface area (Å²) >= 11 is 0. The van der Waals surface area contributed by atoms with Crippen molar-refractivity contribution in [2.75, 3.05) is 11.9 Å². The minimum absolute atomic E-state index is 0.525. The molecule has 0 amide bonds. The number of rotatable bonds is 3. The molecule has 0 saturated heterocycles. The number of anilines is 1. The molecule has 0 unspecified atom stereocenters. The minimum atomic E-state index is 0.525. The highest BCUT2D eigenvalue weighted by atomic mass is 15.2. The fraction of sp³-hybridized carbons (Fsp3) is 0.375. The molecule has 1 rings (SSSR count). The Morgan fingerprint density at radius 3 is 3.27 bits per heavy atom. The molecule has 1 aromatic rings. The molecular weight excluding hydrogens is 138 g/mol. The number of aromatic nitrogens is 2. The zero-order valence-electron chi connectivity index (χ0n) is 6.54. The summed E-state index contributed by atoms with van der Waals surface area (Å²) in [7, 11) is 0. The summed E-state index contributed by atoms with van der Waals surface area (Å²) < 4.78 is 2.00. The second-order valence-corrected chi connectivity index (χ2v) is 2.09. The van der Waals surface area contributed by atoms with Crippen molar-refractivity contribution in [3.63, 3.8) is 0 Å². The third-order valence-corrected chi connectivity index (χ3v) is 1.40. The van der Waals surface area contributed by atoms with Gasteiger partial charge in [0, 0.05) is 18.9 Å².